The first-order valence-electron chi connectivity index (χ1n) is 11.8. The number of piperazine rings is 1. The van der Waals surface area contributed by atoms with E-state index in [0.717, 1.165) is 57.8 Å². The van der Waals surface area contributed by atoms with Gasteiger partial charge in [0.15, 0.2) is 0 Å². The van der Waals surface area contributed by atoms with Crippen molar-refractivity contribution >= 4 is 62.9 Å². The summed E-state index contributed by atoms with van der Waals surface area (Å²) in [5.41, 5.74) is 1.45. The van der Waals surface area contributed by atoms with E-state index < -0.39 is 23.8 Å². The standard InChI is InChI=1S/C24H23N7O4S2/c1-36-19-11-17-20(25-13-26-21(17)37-19)29-8-6-28(7-9-29)12-14-2-3-15-16(10-14)23(34)31(22(15)33)30-5-4-18(32)27-24(30)35/h2-3,10-11,13H,4-9,12H2,1H3,(H,27,32,35). The second kappa shape index (κ2) is 9.39. The highest BCUT2D eigenvalue weighted by molar-refractivity contribution is 8.00. The number of hydrogen-bond acceptors (Lipinski definition) is 10. The molecule has 1 aromatic carbocycles. The summed E-state index contributed by atoms with van der Waals surface area (Å²) in [6, 6.07) is 6.62. The average molecular weight is 538 g/mol. The third-order valence-electron chi connectivity index (χ3n) is 6.77. The third-order valence-corrected chi connectivity index (χ3v) is 8.88. The van der Waals surface area contributed by atoms with Crippen LogP contribution < -0.4 is 10.2 Å². The van der Waals surface area contributed by atoms with E-state index in [0.29, 0.717) is 6.54 Å². The molecule has 0 bridgehead atoms. The van der Waals surface area contributed by atoms with Crippen molar-refractivity contribution < 1.29 is 19.2 Å². The van der Waals surface area contributed by atoms with Gasteiger partial charge in [-0.2, -0.15) is 5.01 Å². The fourth-order valence-corrected chi connectivity index (χ4v) is 6.42. The number of fused-ring (bicyclic) bond motifs is 2. The molecule has 2 aromatic heterocycles. The van der Waals surface area contributed by atoms with E-state index in [1.165, 1.54) is 4.21 Å². The lowest BCUT2D eigenvalue weighted by Gasteiger charge is -2.35. The Labute approximate surface area is 220 Å². The van der Waals surface area contributed by atoms with Crippen LogP contribution in [0.15, 0.2) is 34.8 Å². The molecule has 2 fully saturated rings. The Morgan fingerprint density at radius 3 is 2.51 bits per heavy atom. The number of amides is 5. The van der Waals surface area contributed by atoms with Crippen molar-refractivity contribution in [1.82, 2.24) is 30.2 Å². The Morgan fingerprint density at radius 1 is 0.973 bits per heavy atom. The summed E-state index contributed by atoms with van der Waals surface area (Å²) < 4.78 is 1.22. The number of thioether (sulfide) groups is 1. The van der Waals surface area contributed by atoms with Gasteiger partial charge < -0.3 is 4.90 Å². The van der Waals surface area contributed by atoms with Crippen molar-refractivity contribution in [2.75, 3.05) is 43.9 Å². The normalized spacial score (nSPS) is 18.7. The molecule has 11 nitrogen and oxygen atoms in total. The number of carbonyl (C=O) groups is 4. The molecule has 0 aliphatic carbocycles. The number of rotatable bonds is 5. The van der Waals surface area contributed by atoms with Crippen LogP contribution in [0.1, 0.15) is 32.7 Å². The van der Waals surface area contributed by atoms with Gasteiger partial charge in [-0.3, -0.25) is 24.6 Å². The van der Waals surface area contributed by atoms with E-state index in [4.69, 9.17) is 0 Å². The van der Waals surface area contributed by atoms with Crippen LogP contribution in [0.25, 0.3) is 10.2 Å². The van der Waals surface area contributed by atoms with Gasteiger partial charge in [0.1, 0.15) is 17.0 Å². The smallest absolute Gasteiger partial charge is 0.343 e. The Morgan fingerprint density at radius 2 is 1.76 bits per heavy atom. The maximum absolute atomic E-state index is 13.1. The Balaban J connectivity index is 1.13. The van der Waals surface area contributed by atoms with Gasteiger partial charge in [-0.05, 0) is 30.0 Å². The molecular weight excluding hydrogens is 514 g/mol. The van der Waals surface area contributed by atoms with Crippen LogP contribution in [0, 0.1) is 0 Å². The summed E-state index contributed by atoms with van der Waals surface area (Å²) in [6.45, 7) is 3.89. The van der Waals surface area contributed by atoms with Gasteiger partial charge in [0, 0.05) is 39.1 Å². The van der Waals surface area contributed by atoms with Crippen molar-refractivity contribution in [2.24, 2.45) is 0 Å². The average Bonchev–Trinajstić information content (AvgIpc) is 3.43. The highest BCUT2D eigenvalue weighted by Crippen LogP contribution is 2.35. The van der Waals surface area contributed by atoms with Gasteiger partial charge in [0.2, 0.25) is 5.91 Å². The summed E-state index contributed by atoms with van der Waals surface area (Å²) in [6.07, 6.45) is 3.72. The zero-order chi connectivity index (χ0) is 25.7. The first-order valence-corrected chi connectivity index (χ1v) is 13.9. The molecule has 5 amide bonds. The number of nitrogens with one attached hydrogen (secondary N) is 1. The second-order valence-corrected chi connectivity index (χ2v) is 11.1. The van der Waals surface area contributed by atoms with Gasteiger partial charge >= 0.3 is 6.03 Å². The number of imide groups is 2. The molecule has 190 valence electrons. The van der Waals surface area contributed by atoms with Gasteiger partial charge in [-0.25, -0.2) is 19.8 Å². The second-order valence-electron chi connectivity index (χ2n) is 8.98. The van der Waals surface area contributed by atoms with E-state index in [-0.39, 0.29) is 24.1 Å². The number of hydrazine groups is 1. The highest BCUT2D eigenvalue weighted by Gasteiger charge is 2.43. The number of carbonyl (C=O) groups excluding carboxylic acids is 4. The van der Waals surface area contributed by atoms with Crippen molar-refractivity contribution in [3.63, 3.8) is 0 Å². The zero-order valence-electron chi connectivity index (χ0n) is 20.0. The summed E-state index contributed by atoms with van der Waals surface area (Å²) in [4.78, 5) is 64.2. The highest BCUT2D eigenvalue weighted by atomic mass is 32.2. The quantitative estimate of drug-likeness (QED) is 0.386. The number of benzene rings is 1. The van der Waals surface area contributed by atoms with E-state index in [2.05, 4.69) is 37.4 Å². The minimum Gasteiger partial charge on any atom is -0.353 e. The number of anilines is 1. The zero-order valence-corrected chi connectivity index (χ0v) is 21.6. The summed E-state index contributed by atoms with van der Waals surface area (Å²) in [5.74, 6) is -0.570. The number of aromatic nitrogens is 2. The van der Waals surface area contributed by atoms with Crippen LogP contribution in [0.3, 0.4) is 0 Å². The molecule has 6 rings (SSSR count). The van der Waals surface area contributed by atoms with E-state index in [9.17, 15) is 19.2 Å². The maximum Gasteiger partial charge on any atom is 0.343 e. The molecule has 2 saturated heterocycles. The van der Waals surface area contributed by atoms with Crippen LogP contribution in [-0.2, 0) is 11.3 Å². The molecule has 3 aromatic rings. The van der Waals surface area contributed by atoms with Crippen LogP contribution >= 0.6 is 23.1 Å². The van der Waals surface area contributed by atoms with Crippen LogP contribution in [-0.4, -0.2) is 87.6 Å². The molecule has 3 aliphatic rings. The lowest BCUT2D eigenvalue weighted by Crippen LogP contribution is -2.58. The Bertz CT molecular complexity index is 1450. The van der Waals surface area contributed by atoms with E-state index in [1.807, 2.05) is 6.07 Å². The Kier molecular flexibility index (Phi) is 6.05. The van der Waals surface area contributed by atoms with Crippen molar-refractivity contribution in [2.45, 2.75) is 17.2 Å². The molecule has 1 N–H and O–H groups in total. The molecule has 0 spiro atoms. The van der Waals surface area contributed by atoms with Gasteiger partial charge in [0.05, 0.1) is 27.3 Å². The molecule has 37 heavy (non-hydrogen) atoms. The predicted molar refractivity (Wildman–Crippen MR) is 138 cm³/mol. The van der Waals surface area contributed by atoms with Crippen LogP contribution in [0.2, 0.25) is 0 Å². The van der Waals surface area contributed by atoms with E-state index >= 15 is 0 Å². The van der Waals surface area contributed by atoms with Crippen LogP contribution in [0.4, 0.5) is 10.6 Å². The van der Waals surface area contributed by atoms with E-state index in [1.54, 1.807) is 41.6 Å². The lowest BCUT2D eigenvalue weighted by molar-refractivity contribution is -0.122. The minimum atomic E-state index is -0.767. The maximum atomic E-state index is 13.1. The van der Waals surface area contributed by atoms with Crippen LogP contribution in [0.5, 0.6) is 0 Å². The predicted octanol–water partition coefficient (Wildman–Crippen LogP) is 2.19. The molecule has 3 aliphatic heterocycles. The van der Waals surface area contributed by atoms with Gasteiger partial charge in [0.25, 0.3) is 11.8 Å². The molecular formula is C24H23N7O4S2. The SMILES string of the molecule is CSc1cc2c(N3CCN(Cc4ccc5c(c4)C(=O)N(N4CCC(=O)NC4=O)C5=O)CC3)ncnc2s1. The largest absolute Gasteiger partial charge is 0.353 e. The fraction of sp³-hybridized carbons (Fsp3) is 0.333. The minimum absolute atomic E-state index is 0.0180. The first kappa shape index (κ1) is 23.8. The molecule has 0 radical (unpaired) electrons. The number of hydrogen-bond donors (Lipinski definition) is 1. The molecule has 0 saturated carbocycles. The summed E-state index contributed by atoms with van der Waals surface area (Å²) >= 11 is 3.39. The monoisotopic (exact) mass is 537 g/mol. The summed E-state index contributed by atoms with van der Waals surface area (Å²) in [7, 11) is 0. The number of urea groups is 1. The molecule has 0 unspecified atom stereocenters. The number of thiophene rings is 1. The number of nitrogens with zero attached hydrogens (tertiary/aromatic N) is 6. The first-order chi connectivity index (χ1) is 17.9. The summed E-state index contributed by atoms with van der Waals surface area (Å²) in [5, 5.41) is 5.08. The van der Waals surface area contributed by atoms with Crippen molar-refractivity contribution in [1.29, 1.82) is 0 Å². The topological polar surface area (TPSA) is 119 Å². The fourth-order valence-electron chi connectivity index (χ4n) is 4.89. The van der Waals surface area contributed by atoms with Crippen molar-refractivity contribution in [3.8, 4) is 0 Å². The van der Waals surface area contributed by atoms with Gasteiger partial charge in [-0.1, -0.05) is 6.07 Å². The Hall–Kier alpha value is -3.55. The molecule has 0 atom stereocenters. The lowest BCUT2D eigenvalue weighted by atomic mass is 10.1. The van der Waals surface area contributed by atoms with Gasteiger partial charge in [-0.15, -0.1) is 23.1 Å². The molecule has 13 heteroatoms. The molecule has 5 heterocycles. The van der Waals surface area contributed by atoms with Crippen molar-refractivity contribution in [3.05, 3.63) is 47.3 Å². The third kappa shape index (κ3) is 4.22.